The first-order valence-electron chi connectivity index (χ1n) is 6.54. The third-order valence-corrected chi connectivity index (χ3v) is 4.44. The Balaban J connectivity index is 1.98. The van der Waals surface area contributed by atoms with Gasteiger partial charge in [0.2, 0.25) is 0 Å². The van der Waals surface area contributed by atoms with Gasteiger partial charge in [-0.15, -0.1) is 0 Å². The summed E-state index contributed by atoms with van der Waals surface area (Å²) >= 11 is 3.46. The molecule has 0 bridgehead atoms. The number of β-amino-alcohol motifs (C(OH)–C–C–N with tert-alkyl or cyclic N) is 1. The lowest BCUT2D eigenvalue weighted by molar-refractivity contribution is -0.112. The summed E-state index contributed by atoms with van der Waals surface area (Å²) < 4.78 is 0.763. The van der Waals surface area contributed by atoms with E-state index in [1.165, 1.54) is 0 Å². The molecular weight excluding hydrogens is 324 g/mol. The van der Waals surface area contributed by atoms with Crippen LogP contribution in [-0.2, 0) is 4.79 Å². The molecule has 6 heteroatoms. The number of nitrogens with zero attached hydrogens (tertiary/aromatic N) is 1. The van der Waals surface area contributed by atoms with E-state index in [0.717, 1.165) is 29.5 Å². The number of halogens is 1. The number of hydrogen-bond donors (Lipinski definition) is 2. The lowest BCUT2D eigenvalue weighted by atomic mass is 9.94. The number of carbonyl (C=O) groups is 2. The Morgan fingerprint density at radius 2 is 2.15 bits per heavy atom. The second kappa shape index (κ2) is 4.56. The van der Waals surface area contributed by atoms with E-state index in [9.17, 15) is 14.7 Å². The van der Waals surface area contributed by atoms with Crippen molar-refractivity contribution in [2.24, 2.45) is 0 Å². The molecule has 2 aliphatic rings. The number of rotatable bonds is 1. The maximum absolute atomic E-state index is 11.7. The molecule has 1 saturated heterocycles. The van der Waals surface area contributed by atoms with Crippen molar-refractivity contribution >= 4 is 39.0 Å². The molecule has 1 unspecified atom stereocenters. The summed E-state index contributed by atoms with van der Waals surface area (Å²) in [5.74, 6) is -1.09. The molecular formula is C14H15BrN2O3. The van der Waals surface area contributed by atoms with Crippen LogP contribution in [0, 0.1) is 0 Å². The number of piperidine rings is 1. The maximum atomic E-state index is 11.7. The highest BCUT2D eigenvalue weighted by molar-refractivity contribution is 9.10. The van der Waals surface area contributed by atoms with Gasteiger partial charge in [-0.25, -0.2) is 0 Å². The minimum atomic E-state index is -0.713. The van der Waals surface area contributed by atoms with Crippen molar-refractivity contribution in [2.75, 3.05) is 23.3 Å². The van der Waals surface area contributed by atoms with Crippen molar-refractivity contribution in [1.29, 1.82) is 0 Å². The van der Waals surface area contributed by atoms with Gasteiger partial charge in [0.1, 0.15) is 0 Å². The molecule has 0 radical (unpaired) electrons. The first-order chi connectivity index (χ1) is 9.37. The van der Waals surface area contributed by atoms with Gasteiger partial charge in [-0.2, -0.15) is 0 Å². The van der Waals surface area contributed by atoms with Crippen LogP contribution in [0.15, 0.2) is 16.6 Å². The van der Waals surface area contributed by atoms with E-state index in [4.69, 9.17) is 0 Å². The molecule has 1 aromatic carbocycles. The molecule has 2 N–H and O–H groups in total. The van der Waals surface area contributed by atoms with Crippen molar-refractivity contribution < 1.29 is 14.7 Å². The van der Waals surface area contributed by atoms with Crippen LogP contribution in [0.25, 0.3) is 0 Å². The third-order valence-electron chi connectivity index (χ3n) is 3.80. The van der Waals surface area contributed by atoms with Gasteiger partial charge in [0.05, 0.1) is 22.5 Å². The standard InChI is InChI=1S/C14H15BrN2O3/c1-14(20)3-2-4-17(7-14)11-6-10-8(5-9(11)15)12(18)13(19)16-10/h5-6,20H,2-4,7H2,1H3,(H,16,18,19). The number of aliphatic hydroxyl groups is 1. The molecule has 1 fully saturated rings. The number of hydrogen-bond acceptors (Lipinski definition) is 4. The van der Waals surface area contributed by atoms with Crippen LogP contribution < -0.4 is 10.2 Å². The van der Waals surface area contributed by atoms with Crippen LogP contribution in [0.1, 0.15) is 30.1 Å². The predicted octanol–water partition coefficient (Wildman–Crippen LogP) is 1.94. The molecule has 0 aliphatic carbocycles. The average molecular weight is 339 g/mol. The van der Waals surface area contributed by atoms with E-state index in [1.54, 1.807) is 12.1 Å². The number of nitrogens with one attached hydrogen (secondary N) is 1. The fourth-order valence-corrected chi connectivity index (χ4v) is 3.42. The summed E-state index contributed by atoms with van der Waals surface area (Å²) in [6, 6.07) is 3.47. The molecule has 0 aromatic heterocycles. The zero-order valence-electron chi connectivity index (χ0n) is 11.1. The zero-order valence-corrected chi connectivity index (χ0v) is 12.7. The summed E-state index contributed by atoms with van der Waals surface area (Å²) in [5.41, 5.74) is 1.12. The normalized spacial score (nSPS) is 25.6. The molecule has 0 spiro atoms. The van der Waals surface area contributed by atoms with Crippen LogP contribution in [0.2, 0.25) is 0 Å². The third kappa shape index (κ3) is 2.23. The number of fused-ring (bicyclic) bond motifs is 1. The van der Waals surface area contributed by atoms with E-state index < -0.39 is 17.3 Å². The van der Waals surface area contributed by atoms with Gasteiger partial charge in [0.15, 0.2) is 0 Å². The van der Waals surface area contributed by atoms with Crippen molar-refractivity contribution in [3.8, 4) is 0 Å². The Morgan fingerprint density at radius 3 is 2.85 bits per heavy atom. The number of anilines is 2. The molecule has 20 heavy (non-hydrogen) atoms. The number of amides is 1. The Morgan fingerprint density at radius 1 is 1.40 bits per heavy atom. The average Bonchev–Trinajstić information content (AvgIpc) is 2.63. The highest BCUT2D eigenvalue weighted by Gasteiger charge is 2.32. The summed E-state index contributed by atoms with van der Waals surface area (Å²) in [6.07, 6.45) is 1.68. The maximum Gasteiger partial charge on any atom is 0.296 e. The largest absolute Gasteiger partial charge is 0.388 e. The summed E-state index contributed by atoms with van der Waals surface area (Å²) in [7, 11) is 0. The molecule has 2 heterocycles. The fraction of sp³-hybridized carbons (Fsp3) is 0.429. The highest BCUT2D eigenvalue weighted by Crippen LogP contribution is 2.37. The van der Waals surface area contributed by atoms with Gasteiger partial charge in [-0.1, -0.05) is 0 Å². The number of Topliss-reactive ketones (excluding diaryl/α,β-unsaturated/α-hetero) is 1. The SMILES string of the molecule is CC1(O)CCCN(c2cc3c(cc2Br)C(=O)C(=O)N3)C1. The Kier molecular flexibility index (Phi) is 3.10. The zero-order chi connectivity index (χ0) is 14.5. The predicted molar refractivity (Wildman–Crippen MR) is 79.2 cm³/mol. The minimum Gasteiger partial charge on any atom is -0.388 e. The van der Waals surface area contributed by atoms with Gasteiger partial charge in [0, 0.05) is 17.6 Å². The smallest absolute Gasteiger partial charge is 0.296 e. The fourth-order valence-electron chi connectivity index (χ4n) is 2.82. The molecule has 106 valence electrons. The Bertz CT molecular complexity index is 613. The van der Waals surface area contributed by atoms with Crippen LogP contribution >= 0.6 is 15.9 Å². The quantitative estimate of drug-likeness (QED) is 0.767. The first-order valence-corrected chi connectivity index (χ1v) is 7.33. The number of carbonyl (C=O) groups excluding carboxylic acids is 2. The van der Waals surface area contributed by atoms with Crippen LogP contribution in [0.5, 0.6) is 0 Å². The lowest BCUT2D eigenvalue weighted by Gasteiger charge is -2.38. The van der Waals surface area contributed by atoms with Crippen LogP contribution in [-0.4, -0.2) is 35.5 Å². The van der Waals surface area contributed by atoms with Gasteiger partial charge in [-0.3, -0.25) is 9.59 Å². The molecule has 1 aromatic rings. The lowest BCUT2D eigenvalue weighted by Crippen LogP contribution is -2.46. The summed E-state index contributed by atoms with van der Waals surface area (Å²) in [4.78, 5) is 25.1. The van der Waals surface area contributed by atoms with E-state index >= 15 is 0 Å². The van der Waals surface area contributed by atoms with Crippen LogP contribution in [0.3, 0.4) is 0 Å². The molecule has 5 nitrogen and oxygen atoms in total. The monoisotopic (exact) mass is 338 g/mol. The highest BCUT2D eigenvalue weighted by atomic mass is 79.9. The van der Waals surface area contributed by atoms with Gasteiger partial charge >= 0.3 is 0 Å². The molecule has 2 aliphatic heterocycles. The second-order valence-electron chi connectivity index (χ2n) is 5.65. The molecule has 0 saturated carbocycles. The van der Waals surface area contributed by atoms with Crippen molar-refractivity contribution in [1.82, 2.24) is 0 Å². The van der Waals surface area contributed by atoms with E-state index in [-0.39, 0.29) is 0 Å². The van der Waals surface area contributed by atoms with Crippen molar-refractivity contribution in [3.05, 3.63) is 22.2 Å². The Labute approximate surface area is 125 Å². The minimum absolute atomic E-state index is 0.398. The second-order valence-corrected chi connectivity index (χ2v) is 6.51. The number of benzene rings is 1. The molecule has 3 rings (SSSR count). The Hall–Kier alpha value is -1.40. The van der Waals surface area contributed by atoms with Crippen molar-refractivity contribution in [2.45, 2.75) is 25.4 Å². The van der Waals surface area contributed by atoms with Crippen LogP contribution in [0.4, 0.5) is 11.4 Å². The topological polar surface area (TPSA) is 69.6 Å². The van der Waals surface area contributed by atoms with Crippen molar-refractivity contribution in [3.63, 3.8) is 0 Å². The van der Waals surface area contributed by atoms with E-state index in [2.05, 4.69) is 26.1 Å². The molecule has 1 atom stereocenters. The van der Waals surface area contributed by atoms with Gasteiger partial charge in [0.25, 0.3) is 11.7 Å². The van der Waals surface area contributed by atoms with Gasteiger partial charge < -0.3 is 15.3 Å². The van der Waals surface area contributed by atoms with Gasteiger partial charge in [-0.05, 0) is 47.8 Å². The number of ketones is 1. The summed E-state index contributed by atoms with van der Waals surface area (Å²) in [6.45, 7) is 3.20. The van der Waals surface area contributed by atoms with E-state index in [0.29, 0.717) is 17.8 Å². The first kappa shape index (κ1) is 13.6. The summed E-state index contributed by atoms with van der Waals surface area (Å²) in [5, 5.41) is 12.8. The van der Waals surface area contributed by atoms with E-state index in [1.807, 2.05) is 6.92 Å². The molecule has 1 amide bonds.